The van der Waals surface area contributed by atoms with Crippen molar-refractivity contribution in [1.82, 2.24) is 14.4 Å². The highest BCUT2D eigenvalue weighted by atomic mass is 32.2. The lowest BCUT2D eigenvalue weighted by atomic mass is 10.1. The van der Waals surface area contributed by atoms with Gasteiger partial charge < -0.3 is 9.26 Å². The number of aryl methyl sites for hydroxylation is 1. The molecule has 0 fully saturated rings. The highest BCUT2D eigenvalue weighted by Crippen LogP contribution is 2.37. The minimum absolute atomic E-state index is 0.0508. The van der Waals surface area contributed by atoms with Crippen molar-refractivity contribution in [1.29, 1.82) is 0 Å². The molecular weight excluding hydrogens is 456 g/mol. The second kappa shape index (κ2) is 9.19. The predicted molar refractivity (Wildman–Crippen MR) is 126 cm³/mol. The minimum atomic E-state index is -3.91. The molecule has 0 N–H and O–H groups in total. The van der Waals surface area contributed by atoms with Crippen molar-refractivity contribution in [2.45, 2.75) is 57.6 Å². The van der Waals surface area contributed by atoms with Crippen LogP contribution in [0.15, 0.2) is 57.9 Å². The van der Waals surface area contributed by atoms with E-state index in [9.17, 15) is 13.2 Å². The summed E-state index contributed by atoms with van der Waals surface area (Å²) >= 11 is 0. The molecule has 0 spiro atoms. The highest BCUT2D eigenvalue weighted by molar-refractivity contribution is 7.89. The van der Waals surface area contributed by atoms with Gasteiger partial charge in [-0.2, -0.15) is 9.29 Å². The fourth-order valence-electron chi connectivity index (χ4n) is 3.71. The molecule has 0 saturated carbocycles. The van der Waals surface area contributed by atoms with E-state index in [1.54, 1.807) is 6.07 Å². The van der Waals surface area contributed by atoms with Crippen LogP contribution in [0, 0.1) is 0 Å². The number of fused-ring (bicyclic) bond motifs is 1. The molecule has 2 heterocycles. The zero-order valence-corrected chi connectivity index (χ0v) is 20.5. The first-order valence-electron chi connectivity index (χ1n) is 11.0. The normalized spacial score (nSPS) is 14.3. The number of benzene rings is 2. The van der Waals surface area contributed by atoms with Gasteiger partial charge in [-0.25, -0.2) is 8.42 Å². The zero-order valence-electron chi connectivity index (χ0n) is 19.7. The summed E-state index contributed by atoms with van der Waals surface area (Å²) in [5.74, 6) is 0.908. The van der Waals surface area contributed by atoms with Crippen LogP contribution in [-0.4, -0.2) is 40.9 Å². The van der Waals surface area contributed by atoms with Gasteiger partial charge in [0.15, 0.2) is 12.4 Å². The molecule has 1 amide bonds. The Morgan fingerprint density at radius 1 is 1.12 bits per heavy atom. The van der Waals surface area contributed by atoms with Crippen LogP contribution >= 0.6 is 0 Å². The van der Waals surface area contributed by atoms with Crippen molar-refractivity contribution in [3.63, 3.8) is 0 Å². The highest BCUT2D eigenvalue weighted by Gasteiger charge is 2.36. The Kier molecular flexibility index (Phi) is 6.46. The molecule has 180 valence electrons. The SMILES string of the molecule is CCc1nc(CN2C(=O)COc3ccc(S(=O)(=O)N(Cc4ccccc4)C(C)(C)C)cc32)no1. The number of anilines is 1. The van der Waals surface area contributed by atoms with E-state index in [-0.39, 0.29) is 30.5 Å². The van der Waals surface area contributed by atoms with Crippen LogP contribution in [0.3, 0.4) is 0 Å². The molecule has 1 aliphatic rings. The first-order chi connectivity index (χ1) is 16.1. The smallest absolute Gasteiger partial charge is 0.265 e. The molecule has 0 aliphatic carbocycles. The predicted octanol–water partition coefficient (Wildman–Crippen LogP) is 3.55. The third-order valence-electron chi connectivity index (χ3n) is 5.49. The maximum absolute atomic E-state index is 13.8. The quantitative estimate of drug-likeness (QED) is 0.505. The van der Waals surface area contributed by atoms with Crippen molar-refractivity contribution in [3.8, 4) is 5.75 Å². The fourth-order valence-corrected chi connectivity index (χ4v) is 5.51. The van der Waals surface area contributed by atoms with Crippen LogP contribution in [0.5, 0.6) is 5.75 Å². The van der Waals surface area contributed by atoms with Gasteiger partial charge in [0.05, 0.1) is 17.1 Å². The molecule has 1 aliphatic heterocycles. The Morgan fingerprint density at radius 2 is 1.85 bits per heavy atom. The van der Waals surface area contributed by atoms with Crippen LogP contribution in [-0.2, 0) is 34.3 Å². The van der Waals surface area contributed by atoms with E-state index < -0.39 is 15.6 Å². The van der Waals surface area contributed by atoms with Gasteiger partial charge in [0.25, 0.3) is 5.91 Å². The molecule has 10 heteroatoms. The number of aromatic nitrogens is 2. The molecule has 0 saturated heterocycles. The van der Waals surface area contributed by atoms with Gasteiger partial charge in [-0.3, -0.25) is 9.69 Å². The Morgan fingerprint density at radius 3 is 2.50 bits per heavy atom. The summed E-state index contributed by atoms with van der Waals surface area (Å²) in [6.45, 7) is 7.56. The average molecular weight is 485 g/mol. The van der Waals surface area contributed by atoms with Gasteiger partial charge in [-0.1, -0.05) is 42.4 Å². The Labute approximate surface area is 199 Å². The van der Waals surface area contributed by atoms with Crippen LogP contribution < -0.4 is 9.64 Å². The molecule has 0 radical (unpaired) electrons. The van der Waals surface area contributed by atoms with Gasteiger partial charge in [0.1, 0.15) is 5.75 Å². The van der Waals surface area contributed by atoms with Crippen molar-refractivity contribution >= 4 is 21.6 Å². The first-order valence-corrected chi connectivity index (χ1v) is 12.5. The fraction of sp³-hybridized carbons (Fsp3) is 0.375. The van der Waals surface area contributed by atoms with E-state index in [4.69, 9.17) is 9.26 Å². The van der Waals surface area contributed by atoms with Crippen LogP contribution in [0.4, 0.5) is 5.69 Å². The molecule has 0 atom stereocenters. The summed E-state index contributed by atoms with van der Waals surface area (Å²) in [5, 5.41) is 3.92. The number of hydrogen-bond donors (Lipinski definition) is 0. The van der Waals surface area contributed by atoms with E-state index in [2.05, 4.69) is 10.1 Å². The number of carbonyl (C=O) groups excluding carboxylic acids is 1. The van der Waals surface area contributed by atoms with Gasteiger partial charge in [0, 0.05) is 18.5 Å². The summed E-state index contributed by atoms with van der Waals surface area (Å²) in [5.41, 5.74) is 0.550. The molecule has 2 aromatic carbocycles. The summed E-state index contributed by atoms with van der Waals surface area (Å²) < 4.78 is 39.8. The molecule has 3 aromatic rings. The molecule has 0 bridgehead atoms. The summed E-state index contributed by atoms with van der Waals surface area (Å²) in [4.78, 5) is 18.5. The second-order valence-electron chi connectivity index (χ2n) is 9.02. The molecular formula is C24H28N4O5S. The maximum atomic E-state index is 13.8. The molecule has 9 nitrogen and oxygen atoms in total. The van der Waals surface area contributed by atoms with Crippen LogP contribution in [0.1, 0.15) is 45.0 Å². The largest absolute Gasteiger partial charge is 0.482 e. The Balaban J connectivity index is 1.71. The third kappa shape index (κ3) is 4.83. The topological polar surface area (TPSA) is 106 Å². The van der Waals surface area contributed by atoms with Gasteiger partial charge in [-0.05, 0) is 44.5 Å². The summed E-state index contributed by atoms with van der Waals surface area (Å²) in [6, 6.07) is 14.0. The average Bonchev–Trinajstić information content (AvgIpc) is 3.26. The standard InChI is InChI=1S/C24H28N4O5S/c1-5-22-25-21(26-33-22)15-27-19-13-18(11-12-20(19)32-16-23(27)29)34(30,31)28(24(2,3)4)14-17-9-7-6-8-10-17/h6-13H,5,14-16H2,1-4H3. The number of sulfonamides is 1. The summed E-state index contributed by atoms with van der Waals surface area (Å²) in [7, 11) is -3.91. The Hall–Kier alpha value is -3.24. The van der Waals surface area contributed by atoms with E-state index in [0.29, 0.717) is 29.6 Å². The van der Waals surface area contributed by atoms with Crippen molar-refractivity contribution < 1.29 is 22.5 Å². The number of carbonyl (C=O) groups is 1. The van der Waals surface area contributed by atoms with E-state index in [1.807, 2.05) is 58.0 Å². The van der Waals surface area contributed by atoms with Crippen molar-refractivity contribution in [2.24, 2.45) is 0 Å². The van der Waals surface area contributed by atoms with Crippen LogP contribution in [0.2, 0.25) is 0 Å². The minimum Gasteiger partial charge on any atom is -0.482 e. The zero-order chi connectivity index (χ0) is 24.5. The van der Waals surface area contributed by atoms with Gasteiger partial charge in [-0.15, -0.1) is 0 Å². The van der Waals surface area contributed by atoms with E-state index >= 15 is 0 Å². The van der Waals surface area contributed by atoms with Crippen molar-refractivity contribution in [3.05, 3.63) is 65.8 Å². The van der Waals surface area contributed by atoms with E-state index in [1.165, 1.54) is 21.3 Å². The number of nitrogens with zero attached hydrogens (tertiary/aromatic N) is 4. The van der Waals surface area contributed by atoms with Gasteiger partial charge >= 0.3 is 0 Å². The molecule has 4 rings (SSSR count). The molecule has 34 heavy (non-hydrogen) atoms. The van der Waals surface area contributed by atoms with Gasteiger partial charge in [0.2, 0.25) is 15.9 Å². The number of rotatable bonds is 7. The Bertz CT molecular complexity index is 1280. The second-order valence-corrected chi connectivity index (χ2v) is 10.9. The maximum Gasteiger partial charge on any atom is 0.265 e. The molecule has 1 aromatic heterocycles. The van der Waals surface area contributed by atoms with E-state index in [0.717, 1.165) is 5.56 Å². The molecule has 0 unspecified atom stereocenters. The lowest BCUT2D eigenvalue weighted by Gasteiger charge is -2.35. The lowest BCUT2D eigenvalue weighted by molar-refractivity contribution is -0.121. The number of ether oxygens (including phenoxy) is 1. The third-order valence-corrected chi connectivity index (χ3v) is 7.60. The lowest BCUT2D eigenvalue weighted by Crippen LogP contribution is -2.45. The number of amides is 1. The number of hydrogen-bond acceptors (Lipinski definition) is 7. The first kappa shape index (κ1) is 23.9. The van der Waals surface area contributed by atoms with Crippen molar-refractivity contribution in [2.75, 3.05) is 11.5 Å². The summed E-state index contributed by atoms with van der Waals surface area (Å²) in [6.07, 6.45) is 0.576. The van der Waals surface area contributed by atoms with Crippen LogP contribution in [0.25, 0.3) is 0 Å². The monoisotopic (exact) mass is 484 g/mol.